The number of rotatable bonds is 4. The van der Waals surface area contributed by atoms with Crippen molar-refractivity contribution in [2.24, 2.45) is 23.2 Å². The molecule has 1 amide bonds. The van der Waals surface area contributed by atoms with Gasteiger partial charge in [-0.3, -0.25) is 4.79 Å². The summed E-state index contributed by atoms with van der Waals surface area (Å²) in [7, 11) is 0. The first-order valence-electron chi connectivity index (χ1n) is 8.66. The van der Waals surface area contributed by atoms with Crippen LogP contribution in [0.2, 0.25) is 0 Å². The van der Waals surface area contributed by atoms with Crippen molar-refractivity contribution < 1.29 is 9.18 Å². The molecule has 4 aliphatic carbocycles. The van der Waals surface area contributed by atoms with Crippen molar-refractivity contribution in [3.05, 3.63) is 35.6 Å². The topological polar surface area (TPSA) is 29.1 Å². The largest absolute Gasteiger partial charge is 0.355 e. The van der Waals surface area contributed by atoms with E-state index in [-0.39, 0.29) is 17.1 Å². The predicted octanol–water partition coefficient (Wildman–Crippen LogP) is 3.70. The Balaban J connectivity index is 1.36. The van der Waals surface area contributed by atoms with Crippen LogP contribution in [0, 0.1) is 29.0 Å². The highest BCUT2D eigenvalue weighted by Gasteiger charge is 2.54. The second kappa shape index (κ2) is 5.36. The van der Waals surface area contributed by atoms with Gasteiger partial charge in [-0.25, -0.2) is 4.39 Å². The first-order chi connectivity index (χ1) is 10.6. The fourth-order valence-electron chi connectivity index (χ4n) is 5.59. The number of hydrogen-bond donors (Lipinski definition) is 1. The molecule has 0 radical (unpaired) electrons. The van der Waals surface area contributed by atoms with Crippen molar-refractivity contribution in [2.45, 2.75) is 44.9 Å². The molecule has 1 aromatic rings. The van der Waals surface area contributed by atoms with Crippen molar-refractivity contribution >= 4 is 5.91 Å². The highest BCUT2D eigenvalue weighted by molar-refractivity contribution is 5.83. The summed E-state index contributed by atoms with van der Waals surface area (Å²) in [6.45, 7) is 0.615. The lowest BCUT2D eigenvalue weighted by Crippen LogP contribution is -2.53. The summed E-state index contributed by atoms with van der Waals surface area (Å²) < 4.78 is 13.2. The zero-order valence-electron chi connectivity index (χ0n) is 13.0. The number of carbonyl (C=O) groups is 1. The predicted molar refractivity (Wildman–Crippen MR) is 83.7 cm³/mol. The molecule has 0 unspecified atom stereocenters. The molecule has 0 saturated heterocycles. The Kier molecular flexibility index (Phi) is 3.47. The van der Waals surface area contributed by atoms with E-state index in [9.17, 15) is 9.18 Å². The van der Waals surface area contributed by atoms with Crippen LogP contribution >= 0.6 is 0 Å². The van der Waals surface area contributed by atoms with E-state index in [1.165, 1.54) is 25.3 Å². The van der Waals surface area contributed by atoms with Crippen molar-refractivity contribution in [1.29, 1.82) is 0 Å². The lowest BCUT2D eigenvalue weighted by atomic mass is 9.49. The summed E-state index contributed by atoms with van der Waals surface area (Å²) in [5, 5.41) is 3.15. The van der Waals surface area contributed by atoms with E-state index < -0.39 is 0 Å². The van der Waals surface area contributed by atoms with Gasteiger partial charge in [0.25, 0.3) is 0 Å². The Labute approximate surface area is 131 Å². The standard InChI is InChI=1S/C19H24FNO/c20-17-3-1-2-13(9-17)4-5-21-18(22)19-10-14-6-15(11-19)8-16(7-14)12-19/h1-3,9,14-16H,4-8,10-12H2,(H,21,22). The molecule has 0 spiro atoms. The van der Waals surface area contributed by atoms with Gasteiger partial charge in [-0.2, -0.15) is 0 Å². The Morgan fingerprint density at radius 3 is 2.36 bits per heavy atom. The van der Waals surface area contributed by atoms with Gasteiger partial charge in [0, 0.05) is 12.0 Å². The van der Waals surface area contributed by atoms with Gasteiger partial charge in [-0.15, -0.1) is 0 Å². The van der Waals surface area contributed by atoms with E-state index >= 15 is 0 Å². The van der Waals surface area contributed by atoms with Crippen LogP contribution in [0.1, 0.15) is 44.1 Å². The summed E-state index contributed by atoms with van der Waals surface area (Å²) in [6.07, 6.45) is 8.08. The number of halogens is 1. The average Bonchev–Trinajstić information content (AvgIpc) is 2.46. The fourth-order valence-corrected chi connectivity index (χ4v) is 5.59. The normalized spacial score (nSPS) is 35.6. The summed E-state index contributed by atoms with van der Waals surface area (Å²) in [6, 6.07) is 6.65. The van der Waals surface area contributed by atoms with Gasteiger partial charge in [-0.1, -0.05) is 12.1 Å². The van der Waals surface area contributed by atoms with Crippen molar-refractivity contribution in [1.82, 2.24) is 5.32 Å². The minimum atomic E-state index is -0.204. The molecule has 4 bridgehead atoms. The minimum absolute atomic E-state index is 0.0727. The van der Waals surface area contributed by atoms with Crippen LogP contribution in [0.3, 0.4) is 0 Å². The molecule has 2 nitrogen and oxygen atoms in total. The van der Waals surface area contributed by atoms with E-state index in [0.717, 1.165) is 42.6 Å². The fraction of sp³-hybridized carbons (Fsp3) is 0.632. The molecule has 4 saturated carbocycles. The third-order valence-electron chi connectivity index (χ3n) is 6.11. The van der Waals surface area contributed by atoms with Crippen LogP contribution in [0.4, 0.5) is 4.39 Å². The van der Waals surface area contributed by atoms with Gasteiger partial charge in [-0.05, 0) is 80.4 Å². The van der Waals surface area contributed by atoms with Gasteiger partial charge >= 0.3 is 0 Å². The molecule has 1 aromatic carbocycles. The van der Waals surface area contributed by atoms with Crippen LogP contribution in [-0.2, 0) is 11.2 Å². The molecule has 3 heteroatoms. The number of carbonyl (C=O) groups excluding carboxylic acids is 1. The molecule has 0 aliphatic heterocycles. The van der Waals surface area contributed by atoms with Crippen LogP contribution in [0.25, 0.3) is 0 Å². The number of benzene rings is 1. The number of nitrogens with one attached hydrogen (secondary N) is 1. The van der Waals surface area contributed by atoms with Gasteiger partial charge in [0.2, 0.25) is 5.91 Å². The summed E-state index contributed by atoms with van der Waals surface area (Å²) >= 11 is 0. The van der Waals surface area contributed by atoms with Gasteiger partial charge in [0.15, 0.2) is 0 Å². The molecule has 4 fully saturated rings. The minimum Gasteiger partial charge on any atom is -0.355 e. The molecule has 118 valence electrons. The molecule has 1 N–H and O–H groups in total. The molecule has 0 atom stereocenters. The molecule has 0 heterocycles. The zero-order chi connectivity index (χ0) is 15.2. The van der Waals surface area contributed by atoms with Crippen LogP contribution in [-0.4, -0.2) is 12.5 Å². The highest BCUT2D eigenvalue weighted by atomic mass is 19.1. The van der Waals surface area contributed by atoms with E-state index in [2.05, 4.69) is 5.32 Å². The third-order valence-corrected chi connectivity index (χ3v) is 6.11. The number of hydrogen-bond acceptors (Lipinski definition) is 1. The average molecular weight is 301 g/mol. The van der Waals surface area contributed by atoms with E-state index in [1.807, 2.05) is 6.07 Å². The SMILES string of the molecule is O=C(NCCc1cccc(F)c1)C12CC3CC(CC(C3)C1)C2. The van der Waals surface area contributed by atoms with Crippen molar-refractivity contribution in [3.63, 3.8) is 0 Å². The first kappa shape index (κ1) is 14.2. The highest BCUT2D eigenvalue weighted by Crippen LogP contribution is 2.60. The maximum absolute atomic E-state index is 13.2. The monoisotopic (exact) mass is 301 g/mol. The van der Waals surface area contributed by atoms with Crippen molar-refractivity contribution in [3.8, 4) is 0 Å². The summed E-state index contributed by atoms with van der Waals surface area (Å²) in [5.41, 5.74) is 0.877. The Hall–Kier alpha value is -1.38. The van der Waals surface area contributed by atoms with Crippen LogP contribution in [0.5, 0.6) is 0 Å². The van der Waals surface area contributed by atoms with Gasteiger partial charge < -0.3 is 5.32 Å². The quantitative estimate of drug-likeness (QED) is 0.902. The summed E-state index contributed by atoms with van der Waals surface area (Å²) in [5.74, 6) is 2.44. The maximum Gasteiger partial charge on any atom is 0.226 e. The number of amides is 1. The van der Waals surface area contributed by atoms with Crippen LogP contribution in [0.15, 0.2) is 24.3 Å². The molecule has 4 aliphatic rings. The first-order valence-corrected chi connectivity index (χ1v) is 8.66. The second-order valence-corrected chi connectivity index (χ2v) is 7.83. The molecule has 0 aromatic heterocycles. The second-order valence-electron chi connectivity index (χ2n) is 7.83. The summed E-state index contributed by atoms with van der Waals surface area (Å²) in [4.78, 5) is 12.8. The van der Waals surface area contributed by atoms with Gasteiger partial charge in [0.05, 0.1) is 0 Å². The van der Waals surface area contributed by atoms with Gasteiger partial charge in [0.1, 0.15) is 5.82 Å². The Bertz CT molecular complexity index is 547. The third kappa shape index (κ3) is 2.55. The zero-order valence-corrected chi connectivity index (χ0v) is 13.0. The molecular weight excluding hydrogens is 277 g/mol. The van der Waals surface area contributed by atoms with E-state index in [4.69, 9.17) is 0 Å². The molecule has 5 rings (SSSR count). The maximum atomic E-state index is 13.2. The van der Waals surface area contributed by atoms with E-state index in [1.54, 1.807) is 12.1 Å². The lowest BCUT2D eigenvalue weighted by molar-refractivity contribution is -0.146. The molecule has 22 heavy (non-hydrogen) atoms. The van der Waals surface area contributed by atoms with E-state index in [0.29, 0.717) is 13.0 Å². The molecular formula is C19H24FNO. The Morgan fingerprint density at radius 2 is 1.77 bits per heavy atom. The van der Waals surface area contributed by atoms with Crippen molar-refractivity contribution in [2.75, 3.05) is 6.54 Å². The van der Waals surface area contributed by atoms with Crippen LogP contribution < -0.4 is 5.32 Å². The Morgan fingerprint density at radius 1 is 1.14 bits per heavy atom. The smallest absolute Gasteiger partial charge is 0.226 e. The lowest BCUT2D eigenvalue weighted by Gasteiger charge is -2.55.